The number of pyridine rings is 1. The molecule has 2 heterocycles. The lowest BCUT2D eigenvalue weighted by molar-refractivity contribution is -0.138. The third kappa shape index (κ3) is 2.78. The van der Waals surface area contributed by atoms with Gasteiger partial charge < -0.3 is 10.2 Å². The molecule has 4 heteroatoms. The van der Waals surface area contributed by atoms with Crippen molar-refractivity contribution in [3.63, 3.8) is 0 Å². The number of nitrogens with zero attached hydrogens (tertiary/aromatic N) is 2. The first kappa shape index (κ1) is 19.1. The molecule has 4 nitrogen and oxygen atoms in total. The molecule has 3 saturated carbocycles. The van der Waals surface area contributed by atoms with Crippen molar-refractivity contribution >= 4 is 11.7 Å². The lowest BCUT2D eigenvalue weighted by Gasteiger charge is -2.60. The zero-order valence-electron chi connectivity index (χ0n) is 18.3. The van der Waals surface area contributed by atoms with E-state index >= 15 is 0 Å². The van der Waals surface area contributed by atoms with Gasteiger partial charge in [0, 0.05) is 30.7 Å². The van der Waals surface area contributed by atoms with Crippen molar-refractivity contribution in [2.45, 2.75) is 71.4 Å². The molecule has 0 bridgehead atoms. The number of aryl methyl sites for hydroxylation is 1. The van der Waals surface area contributed by atoms with Gasteiger partial charge in [0.15, 0.2) is 0 Å². The lowest BCUT2D eigenvalue weighted by Crippen LogP contribution is -2.60. The molecule has 5 rings (SSSR count). The molecule has 0 radical (unpaired) electrons. The van der Waals surface area contributed by atoms with Crippen LogP contribution in [0.2, 0.25) is 0 Å². The Morgan fingerprint density at radius 3 is 2.69 bits per heavy atom. The molecular weight excluding hydrogens is 358 g/mol. The zero-order valence-corrected chi connectivity index (χ0v) is 18.3. The molecule has 2 unspecified atom stereocenters. The van der Waals surface area contributed by atoms with Crippen molar-refractivity contribution < 1.29 is 4.79 Å². The van der Waals surface area contributed by atoms with Crippen LogP contribution < -0.4 is 5.32 Å². The van der Waals surface area contributed by atoms with Gasteiger partial charge in [-0.1, -0.05) is 26.0 Å². The summed E-state index contributed by atoms with van der Waals surface area (Å²) in [4.78, 5) is 18.9. The smallest absolute Gasteiger partial charge is 0.246 e. The minimum absolute atomic E-state index is 0.136. The number of hydrogen-bond donors (Lipinski definition) is 1. The maximum atomic E-state index is 12.2. The molecule has 0 spiro atoms. The summed E-state index contributed by atoms with van der Waals surface area (Å²) < 4.78 is 0. The van der Waals surface area contributed by atoms with Crippen molar-refractivity contribution in [1.82, 2.24) is 9.88 Å². The highest BCUT2D eigenvalue weighted by atomic mass is 16.2. The molecule has 1 aromatic heterocycles. The number of amides is 1. The van der Waals surface area contributed by atoms with Crippen LogP contribution in [0.25, 0.3) is 0 Å². The van der Waals surface area contributed by atoms with E-state index in [1.165, 1.54) is 37.7 Å². The van der Waals surface area contributed by atoms with Crippen molar-refractivity contribution in [3.05, 3.63) is 36.0 Å². The van der Waals surface area contributed by atoms with Crippen LogP contribution in [0.5, 0.6) is 0 Å². The Hall–Kier alpha value is -1.84. The number of carbonyl (C=O) groups is 1. The fourth-order valence-electron chi connectivity index (χ4n) is 7.71. The summed E-state index contributed by atoms with van der Waals surface area (Å²) in [5.74, 6) is 3.46. The van der Waals surface area contributed by atoms with E-state index in [1.54, 1.807) is 0 Å². The van der Waals surface area contributed by atoms with E-state index in [2.05, 4.69) is 49.3 Å². The molecule has 1 N–H and O–H groups in total. The zero-order chi connectivity index (χ0) is 20.4. The van der Waals surface area contributed by atoms with Gasteiger partial charge in [-0.15, -0.1) is 0 Å². The first-order valence-electron chi connectivity index (χ1n) is 11.5. The number of aromatic nitrogens is 1. The van der Waals surface area contributed by atoms with Crippen LogP contribution in [0.15, 0.2) is 30.5 Å². The Morgan fingerprint density at radius 2 is 1.93 bits per heavy atom. The summed E-state index contributed by atoms with van der Waals surface area (Å²) in [5.41, 5.74) is 1.69. The van der Waals surface area contributed by atoms with E-state index in [4.69, 9.17) is 0 Å². The molecule has 29 heavy (non-hydrogen) atoms. The number of hydrogen-bond acceptors (Lipinski definition) is 3. The Morgan fingerprint density at radius 1 is 1.10 bits per heavy atom. The van der Waals surface area contributed by atoms with Gasteiger partial charge in [0.05, 0.1) is 0 Å². The summed E-state index contributed by atoms with van der Waals surface area (Å²) >= 11 is 0. The average Bonchev–Trinajstić information content (AvgIpc) is 3.03. The summed E-state index contributed by atoms with van der Waals surface area (Å²) in [5, 5.41) is 3.80. The number of likely N-dealkylation sites (N-methyl/N-ethyl adjacent to an activating group) is 1. The number of rotatable bonds is 2. The molecule has 0 saturated heterocycles. The quantitative estimate of drug-likeness (QED) is 0.784. The van der Waals surface area contributed by atoms with E-state index < -0.39 is 0 Å². The van der Waals surface area contributed by atoms with Gasteiger partial charge in [-0.05, 0) is 86.3 Å². The fourth-order valence-corrected chi connectivity index (χ4v) is 7.71. The number of anilines is 1. The Labute approximate surface area is 175 Å². The minimum Gasteiger partial charge on any atom is -0.367 e. The normalized spacial score (nSPS) is 43.5. The van der Waals surface area contributed by atoms with E-state index in [9.17, 15) is 4.79 Å². The Kier molecular flexibility index (Phi) is 4.34. The van der Waals surface area contributed by atoms with Gasteiger partial charge in [0.1, 0.15) is 5.82 Å². The Balaban J connectivity index is 1.39. The third-order valence-corrected chi connectivity index (χ3v) is 9.36. The van der Waals surface area contributed by atoms with Gasteiger partial charge in [-0.2, -0.15) is 0 Å². The number of nitrogens with one attached hydrogen (secondary N) is 1. The SMILES string of the molecule is Cc1ccc(NC2CC[C@H]3[C@@H]4CCC5N(C)C(=O)C=C[C@]5(C)[C@@H]4CC[C@]23C)nc1. The van der Waals surface area contributed by atoms with Gasteiger partial charge in [0.2, 0.25) is 5.91 Å². The van der Waals surface area contributed by atoms with E-state index in [-0.39, 0.29) is 11.3 Å². The van der Waals surface area contributed by atoms with Crippen LogP contribution in [0.3, 0.4) is 0 Å². The predicted octanol–water partition coefficient (Wildman–Crippen LogP) is 4.81. The maximum Gasteiger partial charge on any atom is 0.246 e. The summed E-state index contributed by atoms with van der Waals surface area (Å²) in [7, 11) is 2.01. The predicted molar refractivity (Wildman–Crippen MR) is 116 cm³/mol. The minimum atomic E-state index is 0.136. The monoisotopic (exact) mass is 393 g/mol. The molecule has 3 fully saturated rings. The van der Waals surface area contributed by atoms with Crippen LogP contribution in [0, 0.1) is 35.5 Å². The molecular formula is C25H35N3O. The highest BCUT2D eigenvalue weighted by molar-refractivity contribution is 5.89. The molecule has 1 aromatic rings. The van der Waals surface area contributed by atoms with Crippen LogP contribution in [-0.2, 0) is 4.79 Å². The highest BCUT2D eigenvalue weighted by Crippen LogP contribution is 2.64. The van der Waals surface area contributed by atoms with Gasteiger partial charge >= 0.3 is 0 Å². The van der Waals surface area contributed by atoms with Gasteiger partial charge in [-0.3, -0.25) is 4.79 Å². The average molecular weight is 394 g/mol. The summed E-state index contributed by atoms with van der Waals surface area (Å²) in [6.45, 7) is 7.05. The standard InChI is InChI=1S/C25H35N3O/c1-16-5-10-22(26-15-16)27-20-8-7-18-17-6-9-21-25(3,14-12-23(29)28(21)4)19(17)11-13-24(18,20)2/h5,10,12,14-15,17-21H,6-9,11,13H2,1-4H3,(H,26,27)/t17-,18-,19+,20?,21?,24-,25+/m0/s1. The third-order valence-electron chi connectivity index (χ3n) is 9.36. The maximum absolute atomic E-state index is 12.2. The second-order valence-corrected chi connectivity index (χ2v) is 10.7. The summed E-state index contributed by atoms with van der Waals surface area (Å²) in [6.07, 6.45) is 13.6. The molecule has 0 aromatic carbocycles. The Bertz CT molecular complexity index is 833. The number of fused-ring (bicyclic) bond motifs is 5. The topological polar surface area (TPSA) is 45.2 Å². The van der Waals surface area contributed by atoms with E-state index in [0.29, 0.717) is 23.4 Å². The van der Waals surface area contributed by atoms with E-state index in [0.717, 1.165) is 24.1 Å². The largest absolute Gasteiger partial charge is 0.367 e. The number of carbonyl (C=O) groups excluding carboxylic acids is 1. The second kappa shape index (κ2) is 6.58. The molecule has 4 aliphatic rings. The molecule has 7 atom stereocenters. The van der Waals surface area contributed by atoms with Crippen LogP contribution in [0.1, 0.15) is 57.9 Å². The van der Waals surface area contributed by atoms with Crippen LogP contribution in [0.4, 0.5) is 5.82 Å². The van der Waals surface area contributed by atoms with Gasteiger partial charge in [0.25, 0.3) is 0 Å². The van der Waals surface area contributed by atoms with E-state index in [1.807, 2.05) is 24.2 Å². The molecule has 1 amide bonds. The van der Waals surface area contributed by atoms with Crippen molar-refractivity contribution in [2.24, 2.45) is 28.6 Å². The molecule has 156 valence electrons. The van der Waals surface area contributed by atoms with Gasteiger partial charge in [-0.25, -0.2) is 4.98 Å². The van der Waals surface area contributed by atoms with Crippen molar-refractivity contribution in [2.75, 3.05) is 12.4 Å². The lowest BCUT2D eigenvalue weighted by atomic mass is 9.48. The van der Waals surface area contributed by atoms with Crippen molar-refractivity contribution in [3.8, 4) is 0 Å². The first-order chi connectivity index (χ1) is 13.8. The first-order valence-corrected chi connectivity index (χ1v) is 11.5. The summed E-state index contributed by atoms with van der Waals surface area (Å²) in [6, 6.07) is 5.16. The van der Waals surface area contributed by atoms with Crippen molar-refractivity contribution in [1.29, 1.82) is 0 Å². The second-order valence-electron chi connectivity index (χ2n) is 10.7. The van der Waals surface area contributed by atoms with Crippen LogP contribution >= 0.6 is 0 Å². The fraction of sp³-hybridized carbons (Fsp3) is 0.680. The molecule has 1 aliphatic heterocycles. The highest BCUT2D eigenvalue weighted by Gasteiger charge is 2.60. The van der Waals surface area contributed by atoms with Crippen LogP contribution in [-0.4, -0.2) is 34.9 Å². The molecule has 3 aliphatic carbocycles.